The molecule has 0 aliphatic heterocycles. The maximum atomic E-state index is 12.3. The van der Waals surface area contributed by atoms with E-state index in [0.717, 1.165) is 22.6 Å². The lowest BCUT2D eigenvalue weighted by molar-refractivity contribution is 0.463. The lowest BCUT2D eigenvalue weighted by Crippen LogP contribution is -2.37. The summed E-state index contributed by atoms with van der Waals surface area (Å²) in [6, 6.07) is 7.31. The molecule has 0 spiro atoms. The molecule has 0 radical (unpaired) electrons. The fourth-order valence-corrected chi connectivity index (χ4v) is 4.14. The molecule has 0 aliphatic carbocycles. The maximum Gasteiger partial charge on any atom is 0.216 e. The smallest absolute Gasteiger partial charge is 0.216 e. The van der Waals surface area contributed by atoms with Crippen LogP contribution in [-0.2, 0) is 28.9 Å². The van der Waals surface area contributed by atoms with Gasteiger partial charge in [0.1, 0.15) is 5.76 Å². The zero-order valence-corrected chi connectivity index (χ0v) is 20.6. The van der Waals surface area contributed by atoms with Gasteiger partial charge in [0.2, 0.25) is 15.9 Å². The summed E-state index contributed by atoms with van der Waals surface area (Å²) in [5.74, 6) is 1.89. The molecular formula is C19H30IN5O3S. The van der Waals surface area contributed by atoms with E-state index in [9.17, 15) is 8.42 Å². The van der Waals surface area contributed by atoms with Gasteiger partial charge in [0.15, 0.2) is 5.96 Å². The zero-order chi connectivity index (χ0) is 20.7. The molecule has 0 saturated heterocycles. The quantitative estimate of drug-likeness (QED) is 0.273. The molecule has 0 atom stereocenters. The van der Waals surface area contributed by atoms with Crippen LogP contribution in [0.5, 0.6) is 0 Å². The minimum absolute atomic E-state index is 0. The van der Waals surface area contributed by atoms with E-state index in [1.165, 1.54) is 0 Å². The van der Waals surface area contributed by atoms with E-state index in [0.29, 0.717) is 24.9 Å². The summed E-state index contributed by atoms with van der Waals surface area (Å²) in [5.41, 5.74) is 2.50. The molecule has 2 aromatic rings. The average Bonchev–Trinajstić information content (AvgIpc) is 2.92. The Hall–Kier alpha value is -1.66. The van der Waals surface area contributed by atoms with Gasteiger partial charge in [-0.1, -0.05) is 24.3 Å². The number of rotatable bonds is 8. The number of hydrogen-bond acceptors (Lipinski definition) is 5. The van der Waals surface area contributed by atoms with Gasteiger partial charge in [0, 0.05) is 19.6 Å². The largest absolute Gasteiger partial charge is 0.444 e. The number of guanidine groups is 1. The minimum atomic E-state index is -3.39. The second-order valence-electron chi connectivity index (χ2n) is 6.83. The molecule has 29 heavy (non-hydrogen) atoms. The van der Waals surface area contributed by atoms with E-state index < -0.39 is 10.0 Å². The van der Waals surface area contributed by atoms with Crippen molar-refractivity contribution in [2.24, 2.45) is 4.99 Å². The molecule has 1 heterocycles. The van der Waals surface area contributed by atoms with E-state index in [-0.39, 0.29) is 35.8 Å². The number of aromatic nitrogens is 1. The van der Waals surface area contributed by atoms with Gasteiger partial charge in [-0.2, -0.15) is 0 Å². The molecular weight excluding hydrogens is 505 g/mol. The Morgan fingerprint density at radius 3 is 2.31 bits per heavy atom. The maximum absolute atomic E-state index is 12.3. The molecule has 3 N–H and O–H groups in total. The number of aryl methyl sites for hydroxylation is 2. The van der Waals surface area contributed by atoms with Gasteiger partial charge in [-0.05, 0) is 38.8 Å². The van der Waals surface area contributed by atoms with Crippen molar-refractivity contribution in [2.75, 3.05) is 7.05 Å². The van der Waals surface area contributed by atoms with Crippen LogP contribution in [0.4, 0.5) is 0 Å². The van der Waals surface area contributed by atoms with E-state index in [4.69, 9.17) is 4.42 Å². The van der Waals surface area contributed by atoms with Crippen molar-refractivity contribution in [1.82, 2.24) is 20.3 Å². The van der Waals surface area contributed by atoms with Gasteiger partial charge in [0.25, 0.3) is 0 Å². The Balaban J connectivity index is 0.00000420. The van der Waals surface area contributed by atoms with Crippen molar-refractivity contribution in [3.63, 3.8) is 0 Å². The minimum Gasteiger partial charge on any atom is -0.444 e. The Labute approximate surface area is 190 Å². The summed E-state index contributed by atoms with van der Waals surface area (Å²) in [7, 11) is -1.72. The van der Waals surface area contributed by atoms with Gasteiger partial charge in [-0.3, -0.25) is 4.99 Å². The third kappa shape index (κ3) is 8.31. The lowest BCUT2D eigenvalue weighted by atomic mass is 10.1. The zero-order valence-electron chi connectivity index (χ0n) is 17.4. The number of hydrogen-bond donors (Lipinski definition) is 3. The number of halogens is 1. The summed E-state index contributed by atoms with van der Waals surface area (Å²) in [6.07, 6.45) is 0. The van der Waals surface area contributed by atoms with Crippen molar-refractivity contribution in [1.29, 1.82) is 0 Å². The lowest BCUT2D eigenvalue weighted by Gasteiger charge is -2.15. The van der Waals surface area contributed by atoms with Gasteiger partial charge in [-0.15, -0.1) is 24.0 Å². The summed E-state index contributed by atoms with van der Waals surface area (Å²) in [6.45, 7) is 8.22. The van der Waals surface area contributed by atoms with Crippen molar-refractivity contribution in [3.05, 3.63) is 52.7 Å². The number of sulfonamides is 1. The van der Waals surface area contributed by atoms with Crippen LogP contribution in [0.25, 0.3) is 0 Å². The molecule has 1 aromatic carbocycles. The van der Waals surface area contributed by atoms with Crippen molar-refractivity contribution in [3.8, 4) is 0 Å². The second kappa shape index (κ2) is 11.5. The van der Waals surface area contributed by atoms with Crippen molar-refractivity contribution in [2.45, 2.75) is 52.6 Å². The predicted molar refractivity (Wildman–Crippen MR) is 126 cm³/mol. The molecule has 162 valence electrons. The molecule has 0 bridgehead atoms. The van der Waals surface area contributed by atoms with Crippen LogP contribution in [0.3, 0.4) is 0 Å². The van der Waals surface area contributed by atoms with Gasteiger partial charge >= 0.3 is 0 Å². The number of oxazole rings is 1. The molecule has 10 heteroatoms. The van der Waals surface area contributed by atoms with Crippen LogP contribution in [-0.4, -0.2) is 32.5 Å². The van der Waals surface area contributed by atoms with Crippen LogP contribution < -0.4 is 15.4 Å². The van der Waals surface area contributed by atoms with Gasteiger partial charge < -0.3 is 15.1 Å². The Morgan fingerprint density at radius 2 is 1.76 bits per heavy atom. The van der Waals surface area contributed by atoms with E-state index >= 15 is 0 Å². The molecule has 0 amide bonds. The first-order valence-electron chi connectivity index (χ1n) is 9.14. The first-order chi connectivity index (χ1) is 13.2. The van der Waals surface area contributed by atoms with E-state index in [1.807, 2.05) is 38.1 Å². The number of benzene rings is 1. The van der Waals surface area contributed by atoms with Gasteiger partial charge in [-0.25, -0.2) is 18.1 Å². The fourth-order valence-electron chi connectivity index (χ4n) is 2.65. The third-order valence-corrected chi connectivity index (χ3v) is 5.55. The molecule has 1 aromatic heterocycles. The summed E-state index contributed by atoms with van der Waals surface area (Å²) < 4.78 is 32.7. The van der Waals surface area contributed by atoms with Gasteiger partial charge in [0.05, 0.1) is 18.0 Å². The third-order valence-electron chi connectivity index (χ3n) is 4.03. The monoisotopic (exact) mass is 535 g/mol. The summed E-state index contributed by atoms with van der Waals surface area (Å²) in [5, 5.41) is 6.34. The van der Waals surface area contributed by atoms with Crippen molar-refractivity contribution < 1.29 is 12.8 Å². The predicted octanol–water partition coefficient (Wildman–Crippen LogP) is 2.60. The normalized spacial score (nSPS) is 12.0. The molecule has 0 unspecified atom stereocenters. The summed E-state index contributed by atoms with van der Waals surface area (Å²) in [4.78, 5) is 8.51. The molecule has 0 saturated carbocycles. The first-order valence-corrected chi connectivity index (χ1v) is 10.8. The molecule has 0 aliphatic rings. The van der Waals surface area contributed by atoms with Crippen LogP contribution in [0, 0.1) is 13.8 Å². The second-order valence-corrected chi connectivity index (χ2v) is 8.58. The SMILES string of the molecule is CN=C(NCc1nc(C)c(C)o1)NCc1ccccc1CS(=O)(=O)NC(C)C.I. The Bertz CT molecular complexity index is 906. The Morgan fingerprint density at radius 1 is 1.14 bits per heavy atom. The van der Waals surface area contributed by atoms with Crippen LogP contribution in [0.15, 0.2) is 33.7 Å². The highest BCUT2D eigenvalue weighted by Gasteiger charge is 2.15. The first kappa shape index (κ1) is 25.4. The fraction of sp³-hybridized carbons (Fsp3) is 0.474. The van der Waals surface area contributed by atoms with E-state index in [1.54, 1.807) is 20.9 Å². The average molecular weight is 535 g/mol. The Kier molecular flexibility index (Phi) is 10.1. The summed E-state index contributed by atoms with van der Waals surface area (Å²) >= 11 is 0. The topological polar surface area (TPSA) is 109 Å². The van der Waals surface area contributed by atoms with Crippen molar-refractivity contribution >= 4 is 40.0 Å². The highest BCUT2D eigenvalue weighted by Crippen LogP contribution is 2.12. The standard InChI is InChI=1S/C19H29N5O3S.HI/c1-13(2)24-28(25,26)12-17-9-7-6-8-16(17)10-21-19(20-5)22-11-18-23-14(3)15(4)27-18;/h6-9,13,24H,10-12H2,1-5H3,(H2,20,21,22);1H. The van der Waals surface area contributed by atoms with Crippen LogP contribution in [0.1, 0.15) is 42.3 Å². The molecule has 8 nitrogen and oxygen atoms in total. The number of nitrogens with one attached hydrogen (secondary N) is 3. The van der Waals surface area contributed by atoms with E-state index in [2.05, 4.69) is 25.3 Å². The highest BCUT2D eigenvalue weighted by molar-refractivity contribution is 14.0. The molecule has 2 rings (SSSR count). The highest BCUT2D eigenvalue weighted by atomic mass is 127. The number of aliphatic imine (C=N–C) groups is 1. The molecule has 0 fully saturated rings. The van der Waals surface area contributed by atoms with Crippen LogP contribution >= 0.6 is 24.0 Å². The van der Waals surface area contributed by atoms with Crippen LogP contribution in [0.2, 0.25) is 0 Å². The number of nitrogens with zero attached hydrogens (tertiary/aromatic N) is 2.